The molecule has 3 heterocycles. The molecule has 0 aliphatic rings. The van der Waals surface area contributed by atoms with E-state index in [0.717, 1.165) is 5.69 Å². The van der Waals surface area contributed by atoms with Gasteiger partial charge in [-0.1, -0.05) is 121 Å². The van der Waals surface area contributed by atoms with Crippen LogP contribution in [0.3, 0.4) is 0 Å². The SMILES string of the molecule is c1ccc(-n2c3ccccc3c3cc(-c4ccc5c(c4)c4ccc(-c6ccc7c(c6)c6ccccc6n7-c6ccccc6)cc4n5-c4ccccc4)ccc32)cc1. The molecule has 266 valence electrons. The van der Waals surface area contributed by atoms with Gasteiger partial charge in [0.05, 0.1) is 33.1 Å². The van der Waals surface area contributed by atoms with Crippen molar-refractivity contribution in [3.05, 3.63) is 212 Å². The molecule has 0 N–H and O–H groups in total. The van der Waals surface area contributed by atoms with Crippen LogP contribution in [0, 0.1) is 0 Å². The van der Waals surface area contributed by atoms with E-state index in [1.165, 1.54) is 99.0 Å². The van der Waals surface area contributed by atoms with Crippen molar-refractivity contribution in [2.75, 3.05) is 0 Å². The van der Waals surface area contributed by atoms with Crippen LogP contribution < -0.4 is 0 Å². The van der Waals surface area contributed by atoms with E-state index < -0.39 is 0 Å². The number of hydrogen-bond acceptors (Lipinski definition) is 0. The summed E-state index contributed by atoms with van der Waals surface area (Å²) in [6.07, 6.45) is 0. The predicted octanol–water partition coefficient (Wildman–Crippen LogP) is 14.3. The zero-order valence-corrected chi connectivity index (χ0v) is 31.0. The number of benzene rings is 9. The summed E-state index contributed by atoms with van der Waals surface area (Å²) in [5.41, 5.74) is 15.5. The minimum Gasteiger partial charge on any atom is -0.309 e. The third-order valence-corrected chi connectivity index (χ3v) is 11.8. The van der Waals surface area contributed by atoms with Crippen LogP contribution in [0.15, 0.2) is 212 Å². The first-order chi connectivity index (χ1) is 28.3. The van der Waals surface area contributed by atoms with Crippen molar-refractivity contribution in [1.29, 1.82) is 0 Å². The van der Waals surface area contributed by atoms with Gasteiger partial charge in [0.15, 0.2) is 0 Å². The second-order valence-corrected chi connectivity index (χ2v) is 15.0. The van der Waals surface area contributed by atoms with E-state index in [4.69, 9.17) is 0 Å². The summed E-state index contributed by atoms with van der Waals surface area (Å²) in [7, 11) is 0. The molecule has 0 aliphatic carbocycles. The number of fused-ring (bicyclic) bond motifs is 9. The van der Waals surface area contributed by atoms with Crippen molar-refractivity contribution in [2.24, 2.45) is 0 Å². The van der Waals surface area contributed by atoms with Crippen molar-refractivity contribution in [3.63, 3.8) is 0 Å². The molecule has 0 saturated heterocycles. The average molecular weight is 726 g/mol. The molecule has 12 aromatic rings. The number of para-hydroxylation sites is 5. The van der Waals surface area contributed by atoms with E-state index in [2.05, 4.69) is 226 Å². The largest absolute Gasteiger partial charge is 0.309 e. The molecule has 0 fully saturated rings. The maximum atomic E-state index is 2.43. The van der Waals surface area contributed by atoms with Crippen molar-refractivity contribution in [1.82, 2.24) is 13.7 Å². The molecule has 0 radical (unpaired) electrons. The zero-order chi connectivity index (χ0) is 37.5. The van der Waals surface area contributed by atoms with Crippen molar-refractivity contribution in [3.8, 4) is 39.3 Å². The molecule has 0 spiro atoms. The fraction of sp³-hybridized carbons (Fsp3) is 0. The first kappa shape index (κ1) is 31.7. The third kappa shape index (κ3) is 4.86. The van der Waals surface area contributed by atoms with Crippen LogP contribution in [-0.2, 0) is 0 Å². The van der Waals surface area contributed by atoms with Gasteiger partial charge >= 0.3 is 0 Å². The Balaban J connectivity index is 1.03. The van der Waals surface area contributed by atoms with Gasteiger partial charge in [0.25, 0.3) is 0 Å². The lowest BCUT2D eigenvalue weighted by molar-refractivity contribution is 1.18. The van der Waals surface area contributed by atoms with Crippen LogP contribution in [-0.4, -0.2) is 13.7 Å². The summed E-state index contributed by atoms with van der Waals surface area (Å²) >= 11 is 0. The van der Waals surface area contributed by atoms with E-state index in [1.54, 1.807) is 0 Å². The van der Waals surface area contributed by atoms with E-state index in [1.807, 2.05) is 0 Å². The molecule has 0 aliphatic heterocycles. The fourth-order valence-electron chi connectivity index (χ4n) is 9.25. The lowest BCUT2D eigenvalue weighted by Gasteiger charge is -2.10. The van der Waals surface area contributed by atoms with Crippen LogP contribution in [0.5, 0.6) is 0 Å². The quantitative estimate of drug-likeness (QED) is 0.168. The molecule has 0 saturated carbocycles. The molecule has 0 bridgehead atoms. The Morgan fingerprint density at radius 2 is 0.491 bits per heavy atom. The van der Waals surface area contributed by atoms with Crippen molar-refractivity contribution >= 4 is 65.4 Å². The normalized spacial score (nSPS) is 11.9. The minimum atomic E-state index is 1.15. The second kappa shape index (κ2) is 12.5. The number of rotatable bonds is 5. The molecule has 0 unspecified atom stereocenters. The highest BCUT2D eigenvalue weighted by molar-refractivity contribution is 6.14. The highest BCUT2D eigenvalue weighted by atomic mass is 15.0. The Morgan fingerprint density at radius 3 is 0.912 bits per heavy atom. The molecule has 0 atom stereocenters. The van der Waals surface area contributed by atoms with Crippen LogP contribution >= 0.6 is 0 Å². The summed E-state index contributed by atoms with van der Waals surface area (Å²) in [5.74, 6) is 0. The Hall–Kier alpha value is -7.62. The van der Waals surface area contributed by atoms with Gasteiger partial charge in [0.2, 0.25) is 0 Å². The summed E-state index contributed by atoms with van der Waals surface area (Å²) in [6.45, 7) is 0. The zero-order valence-electron chi connectivity index (χ0n) is 31.0. The topological polar surface area (TPSA) is 14.8 Å². The first-order valence-corrected chi connectivity index (χ1v) is 19.6. The van der Waals surface area contributed by atoms with E-state index in [0.29, 0.717) is 0 Å². The molecule has 12 rings (SSSR count). The molecule has 57 heavy (non-hydrogen) atoms. The maximum absolute atomic E-state index is 2.43. The van der Waals surface area contributed by atoms with E-state index in [9.17, 15) is 0 Å². The van der Waals surface area contributed by atoms with Crippen molar-refractivity contribution in [2.45, 2.75) is 0 Å². The maximum Gasteiger partial charge on any atom is 0.0547 e. The highest BCUT2D eigenvalue weighted by Crippen LogP contribution is 2.40. The number of aromatic nitrogens is 3. The van der Waals surface area contributed by atoms with Gasteiger partial charge in [-0.3, -0.25) is 0 Å². The second-order valence-electron chi connectivity index (χ2n) is 15.0. The first-order valence-electron chi connectivity index (χ1n) is 19.6. The highest BCUT2D eigenvalue weighted by Gasteiger charge is 2.18. The Bertz CT molecular complexity index is 3500. The summed E-state index contributed by atoms with van der Waals surface area (Å²) in [6, 6.07) is 77.4. The van der Waals surface area contributed by atoms with Crippen molar-refractivity contribution < 1.29 is 0 Å². The predicted molar refractivity (Wildman–Crippen MR) is 240 cm³/mol. The lowest BCUT2D eigenvalue weighted by atomic mass is 9.99. The molecule has 3 aromatic heterocycles. The van der Waals surface area contributed by atoms with Crippen LogP contribution in [0.4, 0.5) is 0 Å². The summed E-state index contributed by atoms with van der Waals surface area (Å²) in [5, 5.41) is 7.51. The summed E-state index contributed by atoms with van der Waals surface area (Å²) in [4.78, 5) is 0. The van der Waals surface area contributed by atoms with Gasteiger partial charge < -0.3 is 13.7 Å². The Labute approximate surface area is 329 Å². The van der Waals surface area contributed by atoms with E-state index >= 15 is 0 Å². The Morgan fingerprint density at radius 1 is 0.193 bits per heavy atom. The average Bonchev–Trinajstić information content (AvgIpc) is 3.92. The van der Waals surface area contributed by atoms with Gasteiger partial charge in [-0.05, 0) is 113 Å². The van der Waals surface area contributed by atoms with Gasteiger partial charge in [-0.15, -0.1) is 0 Å². The molecule has 9 aromatic carbocycles. The fourth-order valence-corrected chi connectivity index (χ4v) is 9.25. The van der Waals surface area contributed by atoms with Crippen LogP contribution in [0.2, 0.25) is 0 Å². The third-order valence-electron chi connectivity index (χ3n) is 11.8. The molecule has 0 amide bonds. The number of hydrogen-bond donors (Lipinski definition) is 0. The minimum absolute atomic E-state index is 1.15. The van der Waals surface area contributed by atoms with Crippen LogP contribution in [0.1, 0.15) is 0 Å². The van der Waals surface area contributed by atoms with E-state index in [-0.39, 0.29) is 0 Å². The molecular formula is C54H35N3. The molecular weight excluding hydrogens is 691 g/mol. The molecule has 3 nitrogen and oxygen atoms in total. The van der Waals surface area contributed by atoms with Gasteiger partial charge in [-0.25, -0.2) is 0 Å². The van der Waals surface area contributed by atoms with Gasteiger partial charge in [0.1, 0.15) is 0 Å². The number of nitrogens with zero attached hydrogens (tertiary/aromatic N) is 3. The summed E-state index contributed by atoms with van der Waals surface area (Å²) < 4.78 is 7.18. The monoisotopic (exact) mass is 725 g/mol. The standard InChI is InChI=1S/C54H35N3/c1-4-14-40(15-5-1)55-49-22-12-10-20-43(49)46-32-36(25-29-51(46)55)37-26-31-53-48(33-37)45-28-24-39(35-54(45)57(53)42-18-8-3-9-19-42)38-27-30-52-47(34-38)44-21-11-13-23-50(44)56(52)41-16-6-2-7-17-41/h1-35H. The van der Waals surface area contributed by atoms with Crippen LogP contribution in [0.25, 0.3) is 105 Å². The van der Waals surface area contributed by atoms with Gasteiger partial charge in [0, 0.05) is 49.4 Å². The smallest absolute Gasteiger partial charge is 0.0547 e. The Kier molecular flexibility index (Phi) is 6.93. The molecule has 3 heteroatoms. The van der Waals surface area contributed by atoms with Gasteiger partial charge in [-0.2, -0.15) is 0 Å². The lowest BCUT2D eigenvalue weighted by Crippen LogP contribution is -1.94.